The zero-order valence-corrected chi connectivity index (χ0v) is 28.5. The van der Waals surface area contributed by atoms with Gasteiger partial charge in [0.25, 0.3) is 0 Å². The van der Waals surface area contributed by atoms with Gasteiger partial charge in [0.1, 0.15) is 0 Å². The zero-order valence-electron chi connectivity index (χ0n) is 28.5. The molecule has 0 heterocycles. The minimum absolute atomic E-state index is 0.0984. The molecule has 0 saturated heterocycles. The second kappa shape index (κ2) is 34.6. The largest absolute Gasteiger partial charge is 0.394 e. The first-order valence-electron chi connectivity index (χ1n) is 18.9. The molecule has 4 nitrogen and oxygen atoms in total. The Morgan fingerprint density at radius 2 is 0.881 bits per heavy atom. The van der Waals surface area contributed by atoms with Crippen LogP contribution < -0.4 is 5.32 Å². The summed E-state index contributed by atoms with van der Waals surface area (Å²) < 4.78 is 0. The van der Waals surface area contributed by atoms with Gasteiger partial charge < -0.3 is 15.5 Å². The molecule has 0 rings (SSSR count). The van der Waals surface area contributed by atoms with Crippen LogP contribution in [0.25, 0.3) is 0 Å². The van der Waals surface area contributed by atoms with Gasteiger partial charge in [0.2, 0.25) is 5.91 Å². The van der Waals surface area contributed by atoms with Crippen molar-refractivity contribution >= 4 is 5.91 Å². The zero-order chi connectivity index (χ0) is 30.8. The number of allylic oxidation sites excluding steroid dienone is 1. The second-order valence-electron chi connectivity index (χ2n) is 13.0. The van der Waals surface area contributed by atoms with Crippen molar-refractivity contribution in [1.29, 1.82) is 0 Å². The number of unbranched alkanes of at least 4 members (excludes halogenated alkanes) is 27. The van der Waals surface area contributed by atoms with E-state index in [-0.39, 0.29) is 12.5 Å². The van der Waals surface area contributed by atoms with Gasteiger partial charge in [-0.25, -0.2) is 0 Å². The third kappa shape index (κ3) is 30.6. The molecule has 0 spiro atoms. The van der Waals surface area contributed by atoms with Crippen molar-refractivity contribution in [3.63, 3.8) is 0 Å². The van der Waals surface area contributed by atoms with Crippen LogP contribution in [0.1, 0.15) is 206 Å². The summed E-state index contributed by atoms with van der Waals surface area (Å²) in [5.41, 5.74) is 0. The lowest BCUT2D eigenvalue weighted by atomic mass is 10.0. The molecule has 250 valence electrons. The Bertz CT molecular complexity index is 565. The van der Waals surface area contributed by atoms with Crippen molar-refractivity contribution in [2.24, 2.45) is 0 Å². The molecule has 0 radical (unpaired) electrons. The van der Waals surface area contributed by atoms with Crippen LogP contribution in [0.4, 0.5) is 0 Å². The lowest BCUT2D eigenvalue weighted by Gasteiger charge is -2.19. The molecule has 0 bridgehead atoms. The van der Waals surface area contributed by atoms with Gasteiger partial charge >= 0.3 is 0 Å². The highest BCUT2D eigenvalue weighted by atomic mass is 16.3. The van der Waals surface area contributed by atoms with Crippen LogP contribution in [0.15, 0.2) is 12.2 Å². The Labute approximate surface area is 263 Å². The second-order valence-corrected chi connectivity index (χ2v) is 13.0. The molecular formula is C38H75NO3. The van der Waals surface area contributed by atoms with E-state index in [0.717, 1.165) is 25.7 Å². The maximum Gasteiger partial charge on any atom is 0.220 e. The quantitative estimate of drug-likeness (QED) is 0.0513. The van der Waals surface area contributed by atoms with Crippen LogP contribution >= 0.6 is 0 Å². The molecule has 4 heteroatoms. The summed E-state index contributed by atoms with van der Waals surface area (Å²) in [6.07, 6.45) is 42.7. The van der Waals surface area contributed by atoms with Gasteiger partial charge in [-0.05, 0) is 19.3 Å². The van der Waals surface area contributed by atoms with Crippen LogP contribution in [0.3, 0.4) is 0 Å². The van der Waals surface area contributed by atoms with Gasteiger partial charge in [-0.15, -0.1) is 0 Å². The van der Waals surface area contributed by atoms with Crippen LogP contribution in [-0.2, 0) is 4.79 Å². The van der Waals surface area contributed by atoms with E-state index in [1.54, 1.807) is 6.08 Å². The first-order chi connectivity index (χ1) is 20.7. The monoisotopic (exact) mass is 594 g/mol. The van der Waals surface area contributed by atoms with Gasteiger partial charge in [0.05, 0.1) is 18.8 Å². The van der Waals surface area contributed by atoms with E-state index in [0.29, 0.717) is 6.42 Å². The average Bonchev–Trinajstić information content (AvgIpc) is 3.00. The third-order valence-corrected chi connectivity index (χ3v) is 8.77. The molecule has 0 aliphatic heterocycles. The molecule has 0 aromatic rings. The SMILES string of the molecule is CCCCCCCCCCCCCCCCCCCCCCCCCCCC/C=C/C(O)C(CO)NC(=O)CCCC. The van der Waals surface area contributed by atoms with Crippen molar-refractivity contribution in [3.8, 4) is 0 Å². The molecular weight excluding hydrogens is 518 g/mol. The number of carbonyl (C=O) groups is 1. The van der Waals surface area contributed by atoms with Crippen LogP contribution in [0.5, 0.6) is 0 Å². The molecule has 3 N–H and O–H groups in total. The molecule has 0 aliphatic rings. The van der Waals surface area contributed by atoms with Crippen molar-refractivity contribution in [3.05, 3.63) is 12.2 Å². The van der Waals surface area contributed by atoms with Gasteiger partial charge in [-0.2, -0.15) is 0 Å². The van der Waals surface area contributed by atoms with E-state index >= 15 is 0 Å². The number of hydrogen-bond donors (Lipinski definition) is 3. The van der Waals surface area contributed by atoms with Gasteiger partial charge in [-0.1, -0.05) is 193 Å². The highest BCUT2D eigenvalue weighted by molar-refractivity contribution is 5.76. The molecule has 0 fully saturated rings. The van der Waals surface area contributed by atoms with Crippen molar-refractivity contribution in [2.45, 2.75) is 219 Å². The van der Waals surface area contributed by atoms with E-state index in [9.17, 15) is 15.0 Å². The standard InChI is InChI=1S/C38H75NO3/c1-3-5-7-8-9-10-11-12-13-14-15-16-17-18-19-20-21-22-23-24-25-26-27-28-29-30-31-32-33-37(41)36(35-40)39-38(42)34-6-4-2/h32-33,36-37,40-41H,3-31,34-35H2,1-2H3,(H,39,42)/b33-32+. The third-order valence-electron chi connectivity index (χ3n) is 8.77. The highest BCUT2D eigenvalue weighted by Crippen LogP contribution is 2.16. The van der Waals surface area contributed by atoms with E-state index < -0.39 is 12.1 Å². The summed E-state index contributed by atoms with van der Waals surface area (Å²) in [4.78, 5) is 11.8. The Hall–Kier alpha value is -0.870. The maximum atomic E-state index is 11.8. The van der Waals surface area contributed by atoms with E-state index in [1.807, 2.05) is 13.0 Å². The minimum atomic E-state index is -0.829. The topological polar surface area (TPSA) is 69.6 Å². The Balaban J connectivity index is 3.31. The Kier molecular flexibility index (Phi) is 33.9. The number of hydrogen-bond acceptors (Lipinski definition) is 3. The summed E-state index contributed by atoms with van der Waals surface area (Å²) in [6, 6.07) is -0.612. The number of rotatable bonds is 34. The van der Waals surface area contributed by atoms with Crippen molar-refractivity contribution in [2.75, 3.05) is 6.61 Å². The molecule has 1 amide bonds. The van der Waals surface area contributed by atoms with E-state index in [2.05, 4.69) is 12.2 Å². The summed E-state index contributed by atoms with van der Waals surface area (Å²) in [7, 11) is 0. The molecule has 2 unspecified atom stereocenters. The number of aliphatic hydroxyl groups excluding tert-OH is 2. The van der Waals surface area contributed by atoms with Crippen LogP contribution in [0.2, 0.25) is 0 Å². The van der Waals surface area contributed by atoms with Gasteiger partial charge in [0.15, 0.2) is 0 Å². The molecule has 0 saturated carbocycles. The van der Waals surface area contributed by atoms with E-state index in [4.69, 9.17) is 0 Å². The molecule has 42 heavy (non-hydrogen) atoms. The predicted octanol–water partition coefficient (Wildman–Crippen LogP) is 11.1. The molecule has 0 aromatic heterocycles. The fourth-order valence-corrected chi connectivity index (χ4v) is 5.80. The molecule has 0 aliphatic carbocycles. The normalized spacial score (nSPS) is 13.1. The van der Waals surface area contributed by atoms with Crippen LogP contribution in [-0.4, -0.2) is 34.9 Å². The maximum absolute atomic E-state index is 11.8. The van der Waals surface area contributed by atoms with Crippen molar-refractivity contribution < 1.29 is 15.0 Å². The minimum Gasteiger partial charge on any atom is -0.394 e. The first-order valence-corrected chi connectivity index (χ1v) is 18.9. The average molecular weight is 594 g/mol. The summed E-state index contributed by atoms with van der Waals surface area (Å²) >= 11 is 0. The summed E-state index contributed by atoms with van der Waals surface area (Å²) in [6.45, 7) is 4.09. The number of nitrogens with one attached hydrogen (secondary N) is 1. The lowest BCUT2D eigenvalue weighted by Crippen LogP contribution is -2.45. The first kappa shape index (κ1) is 41.1. The lowest BCUT2D eigenvalue weighted by molar-refractivity contribution is -0.123. The van der Waals surface area contributed by atoms with Crippen molar-refractivity contribution in [1.82, 2.24) is 5.32 Å². The van der Waals surface area contributed by atoms with E-state index in [1.165, 1.54) is 161 Å². The summed E-state index contributed by atoms with van der Waals surface area (Å²) in [5.74, 6) is -0.0984. The number of amides is 1. The smallest absolute Gasteiger partial charge is 0.220 e. The molecule has 2 atom stereocenters. The number of aliphatic hydroxyl groups is 2. The molecule has 0 aromatic carbocycles. The van der Waals surface area contributed by atoms with Gasteiger partial charge in [0, 0.05) is 6.42 Å². The van der Waals surface area contributed by atoms with Gasteiger partial charge in [-0.3, -0.25) is 4.79 Å². The van der Waals surface area contributed by atoms with Crippen LogP contribution in [0, 0.1) is 0 Å². The highest BCUT2D eigenvalue weighted by Gasteiger charge is 2.17. The Morgan fingerprint density at radius 3 is 1.21 bits per heavy atom. The Morgan fingerprint density at radius 1 is 0.548 bits per heavy atom. The predicted molar refractivity (Wildman–Crippen MR) is 184 cm³/mol. The fraction of sp³-hybridized carbons (Fsp3) is 0.921. The summed E-state index contributed by atoms with van der Waals surface area (Å²) in [5, 5.41) is 22.4. The number of carbonyl (C=O) groups excluding carboxylic acids is 1. The fourth-order valence-electron chi connectivity index (χ4n) is 5.80.